The number of carbonyl (C=O) groups is 3. The molecule has 0 saturated carbocycles. The van der Waals surface area contributed by atoms with Crippen LogP contribution in [0.2, 0.25) is 5.02 Å². The zero-order valence-electron chi connectivity index (χ0n) is 19.2. The monoisotopic (exact) mass is 515 g/mol. The number of amides is 3. The maximum absolute atomic E-state index is 12.9. The molecule has 0 aliphatic carbocycles. The lowest BCUT2D eigenvalue weighted by atomic mass is 9.93. The van der Waals surface area contributed by atoms with E-state index in [1.165, 1.54) is 0 Å². The van der Waals surface area contributed by atoms with E-state index in [9.17, 15) is 14.4 Å². The summed E-state index contributed by atoms with van der Waals surface area (Å²) < 4.78 is 5.33. The first-order chi connectivity index (χ1) is 16.9. The van der Waals surface area contributed by atoms with E-state index in [1.807, 2.05) is 19.1 Å². The van der Waals surface area contributed by atoms with Crippen LogP contribution in [-0.2, 0) is 11.2 Å². The molecule has 1 fully saturated rings. The third kappa shape index (κ3) is 6.89. The minimum atomic E-state index is -0.449. The van der Waals surface area contributed by atoms with Crippen LogP contribution in [0.3, 0.4) is 0 Å². The van der Waals surface area contributed by atoms with Crippen LogP contribution in [0.15, 0.2) is 47.1 Å². The molecule has 3 heterocycles. The molecule has 184 valence electrons. The van der Waals surface area contributed by atoms with Crippen molar-refractivity contribution in [1.82, 2.24) is 20.4 Å². The summed E-state index contributed by atoms with van der Waals surface area (Å²) in [5, 5.41) is 14.3. The van der Waals surface area contributed by atoms with Gasteiger partial charge in [0.15, 0.2) is 0 Å². The Balaban J connectivity index is 1.23. The molecule has 4 rings (SSSR count). The van der Waals surface area contributed by atoms with Crippen molar-refractivity contribution < 1.29 is 18.8 Å². The molecular formula is C24H26ClN5O4S. The number of aromatic nitrogens is 2. The highest BCUT2D eigenvalue weighted by Crippen LogP contribution is 2.23. The highest BCUT2D eigenvalue weighted by molar-refractivity contribution is 7.15. The van der Waals surface area contributed by atoms with Gasteiger partial charge in [0.05, 0.1) is 6.26 Å². The summed E-state index contributed by atoms with van der Waals surface area (Å²) >= 11 is 6.89. The topological polar surface area (TPSA) is 117 Å². The van der Waals surface area contributed by atoms with Gasteiger partial charge in [0.2, 0.25) is 15.9 Å². The number of hydrogen-bond acceptors (Lipinski definition) is 7. The molecule has 1 aliphatic rings. The van der Waals surface area contributed by atoms with E-state index in [-0.39, 0.29) is 33.8 Å². The van der Waals surface area contributed by atoms with Crippen molar-refractivity contribution in [3.05, 3.63) is 63.5 Å². The summed E-state index contributed by atoms with van der Waals surface area (Å²) in [6.45, 7) is 3.01. The number of benzene rings is 1. The van der Waals surface area contributed by atoms with Gasteiger partial charge in [-0.1, -0.05) is 29.0 Å². The average molecular weight is 516 g/mol. The molecule has 1 unspecified atom stereocenters. The molecule has 9 nitrogen and oxygen atoms in total. The Kier molecular flexibility index (Phi) is 8.14. The van der Waals surface area contributed by atoms with Crippen LogP contribution < -0.4 is 10.6 Å². The van der Waals surface area contributed by atoms with E-state index < -0.39 is 5.91 Å². The Bertz CT molecular complexity index is 1170. The number of piperidine rings is 1. The molecule has 2 aromatic heterocycles. The van der Waals surface area contributed by atoms with Crippen LogP contribution in [0.1, 0.15) is 51.6 Å². The van der Waals surface area contributed by atoms with Gasteiger partial charge >= 0.3 is 0 Å². The Morgan fingerprint density at radius 1 is 1.17 bits per heavy atom. The second-order valence-corrected chi connectivity index (χ2v) is 9.98. The number of rotatable bonds is 8. The van der Waals surface area contributed by atoms with Gasteiger partial charge in [-0.15, -0.1) is 10.2 Å². The second-order valence-electron chi connectivity index (χ2n) is 8.57. The van der Waals surface area contributed by atoms with Crippen molar-refractivity contribution >= 4 is 46.3 Å². The maximum atomic E-state index is 12.9. The number of nitrogens with zero attached hydrogens (tertiary/aromatic N) is 3. The van der Waals surface area contributed by atoms with Crippen LogP contribution >= 0.6 is 22.9 Å². The SMILES string of the molecule is CC(Cc1ccco1)NC(=O)CC1CCN(C(=O)c2nnc(C(=O)Nc3cccc(Cl)c3)s2)CC1. The molecule has 1 saturated heterocycles. The van der Waals surface area contributed by atoms with Gasteiger partial charge in [0.1, 0.15) is 5.76 Å². The number of nitrogens with one attached hydrogen (secondary N) is 2. The number of hydrogen-bond donors (Lipinski definition) is 2. The quantitative estimate of drug-likeness (QED) is 0.467. The fourth-order valence-electron chi connectivity index (χ4n) is 4.01. The molecule has 35 heavy (non-hydrogen) atoms. The molecule has 0 radical (unpaired) electrons. The molecule has 1 aliphatic heterocycles. The molecule has 3 aromatic rings. The van der Waals surface area contributed by atoms with Crippen molar-refractivity contribution in [3.63, 3.8) is 0 Å². The molecule has 1 atom stereocenters. The Hall–Kier alpha value is -3.24. The maximum Gasteiger partial charge on any atom is 0.286 e. The summed E-state index contributed by atoms with van der Waals surface area (Å²) in [6.07, 6.45) is 4.15. The highest BCUT2D eigenvalue weighted by atomic mass is 35.5. The third-order valence-corrected chi connectivity index (χ3v) is 6.90. The van der Waals surface area contributed by atoms with Gasteiger partial charge in [-0.2, -0.15) is 0 Å². The van der Waals surface area contributed by atoms with Crippen LogP contribution in [0.5, 0.6) is 0 Å². The average Bonchev–Trinajstić information content (AvgIpc) is 3.51. The van der Waals surface area contributed by atoms with Gasteiger partial charge < -0.3 is 20.0 Å². The standard InChI is InChI=1S/C24H26ClN5O4S/c1-15(12-19-6-3-11-34-19)26-20(31)13-16-7-9-30(10-8-16)24(33)23-29-28-22(35-23)21(32)27-18-5-2-4-17(25)14-18/h2-6,11,14-16H,7-10,12-13H2,1H3,(H,26,31)(H,27,32). The fourth-order valence-corrected chi connectivity index (χ4v) is 4.90. The van der Waals surface area contributed by atoms with E-state index in [2.05, 4.69) is 20.8 Å². The van der Waals surface area contributed by atoms with E-state index in [4.69, 9.17) is 16.0 Å². The van der Waals surface area contributed by atoms with Crippen molar-refractivity contribution in [1.29, 1.82) is 0 Å². The molecule has 2 N–H and O–H groups in total. The van der Waals surface area contributed by atoms with E-state index in [1.54, 1.807) is 35.4 Å². The number of halogens is 1. The van der Waals surface area contributed by atoms with Crippen molar-refractivity contribution in [2.75, 3.05) is 18.4 Å². The van der Waals surface area contributed by atoms with Gasteiger partial charge in [-0.3, -0.25) is 14.4 Å². The lowest BCUT2D eigenvalue weighted by Crippen LogP contribution is -2.40. The number of anilines is 1. The van der Waals surface area contributed by atoms with Gasteiger partial charge in [-0.05, 0) is 56.0 Å². The first kappa shape index (κ1) is 24.9. The lowest BCUT2D eigenvalue weighted by Gasteiger charge is -2.31. The predicted octanol–water partition coefficient (Wildman–Crippen LogP) is 4.03. The molecule has 0 spiro atoms. The minimum absolute atomic E-state index is 0.00770. The number of likely N-dealkylation sites (tertiary alicyclic amines) is 1. The summed E-state index contributed by atoms with van der Waals surface area (Å²) in [6, 6.07) is 10.5. The first-order valence-electron chi connectivity index (χ1n) is 11.4. The predicted molar refractivity (Wildman–Crippen MR) is 133 cm³/mol. The largest absolute Gasteiger partial charge is 0.469 e. The Morgan fingerprint density at radius 2 is 1.94 bits per heavy atom. The van der Waals surface area contributed by atoms with Gasteiger partial charge in [-0.25, -0.2) is 0 Å². The smallest absolute Gasteiger partial charge is 0.286 e. The van der Waals surface area contributed by atoms with Crippen LogP contribution in [0.4, 0.5) is 5.69 Å². The van der Waals surface area contributed by atoms with Crippen molar-refractivity contribution in [3.8, 4) is 0 Å². The first-order valence-corrected chi connectivity index (χ1v) is 12.6. The van der Waals surface area contributed by atoms with Gasteiger partial charge in [0.25, 0.3) is 11.8 Å². The molecule has 1 aromatic carbocycles. The Labute approximate surface area is 211 Å². The minimum Gasteiger partial charge on any atom is -0.469 e. The Morgan fingerprint density at radius 3 is 2.66 bits per heavy atom. The van der Waals surface area contributed by atoms with E-state index >= 15 is 0 Å². The van der Waals surface area contributed by atoms with Crippen LogP contribution in [0, 0.1) is 5.92 Å². The summed E-state index contributed by atoms with van der Waals surface area (Å²) in [5.74, 6) is 0.358. The zero-order chi connectivity index (χ0) is 24.8. The zero-order valence-corrected chi connectivity index (χ0v) is 20.8. The van der Waals surface area contributed by atoms with E-state index in [0.717, 1.165) is 29.9 Å². The fraction of sp³-hybridized carbons (Fsp3) is 0.375. The molecular weight excluding hydrogens is 490 g/mol. The van der Waals surface area contributed by atoms with Crippen molar-refractivity contribution in [2.24, 2.45) is 5.92 Å². The summed E-state index contributed by atoms with van der Waals surface area (Å²) in [4.78, 5) is 39.4. The molecule has 11 heteroatoms. The van der Waals surface area contributed by atoms with Crippen molar-refractivity contribution in [2.45, 2.75) is 38.6 Å². The van der Waals surface area contributed by atoms with E-state index in [0.29, 0.717) is 36.6 Å². The normalized spacial score (nSPS) is 15.0. The molecule has 0 bridgehead atoms. The number of furan rings is 1. The third-order valence-electron chi connectivity index (χ3n) is 5.76. The summed E-state index contributed by atoms with van der Waals surface area (Å²) in [5.41, 5.74) is 0.534. The highest BCUT2D eigenvalue weighted by Gasteiger charge is 2.28. The molecule has 3 amide bonds. The summed E-state index contributed by atoms with van der Waals surface area (Å²) in [7, 11) is 0. The van der Waals surface area contributed by atoms with Crippen LogP contribution in [-0.4, -0.2) is 52.0 Å². The lowest BCUT2D eigenvalue weighted by molar-refractivity contribution is -0.122. The second kappa shape index (κ2) is 11.5. The number of carbonyl (C=O) groups excluding carboxylic acids is 3. The van der Waals surface area contributed by atoms with Crippen LogP contribution in [0.25, 0.3) is 0 Å². The van der Waals surface area contributed by atoms with Gasteiger partial charge in [0, 0.05) is 42.7 Å².